The number of halogens is 1. The molecule has 0 spiro atoms. The third-order valence-electron chi connectivity index (χ3n) is 2.42. The molecule has 1 atom stereocenters. The van der Waals surface area contributed by atoms with Gasteiger partial charge in [-0.2, -0.15) is 4.98 Å². The number of anilines is 2. The number of rotatable bonds is 3. The van der Waals surface area contributed by atoms with Crippen LogP contribution in [0.5, 0.6) is 0 Å². The second-order valence-electron chi connectivity index (χ2n) is 3.95. The van der Waals surface area contributed by atoms with Gasteiger partial charge in [-0.3, -0.25) is 0 Å². The van der Waals surface area contributed by atoms with E-state index < -0.39 is 0 Å². The lowest BCUT2D eigenvalue weighted by atomic mass is 10.2. The number of hydrogen-bond acceptors (Lipinski definition) is 4. The normalized spacial score (nSPS) is 12.5. The van der Waals surface area contributed by atoms with Crippen molar-refractivity contribution in [2.75, 3.05) is 5.32 Å². The van der Waals surface area contributed by atoms with Crippen LogP contribution in [0, 0.1) is 6.92 Å². The second kappa shape index (κ2) is 4.77. The second-order valence-corrected chi connectivity index (χ2v) is 4.39. The molecule has 1 aromatic heterocycles. The lowest BCUT2D eigenvalue weighted by Gasteiger charge is -2.05. The number of aromatic nitrogens is 1. The summed E-state index contributed by atoms with van der Waals surface area (Å²) in [4.78, 5) is 4.23. The fourth-order valence-electron chi connectivity index (χ4n) is 1.44. The Morgan fingerprint density at radius 3 is 2.82 bits per heavy atom. The molecule has 17 heavy (non-hydrogen) atoms. The van der Waals surface area contributed by atoms with Gasteiger partial charge in [0.2, 0.25) is 0 Å². The Morgan fingerprint density at radius 2 is 2.24 bits per heavy atom. The van der Waals surface area contributed by atoms with E-state index in [-0.39, 0.29) is 6.04 Å². The molecule has 0 saturated carbocycles. The molecule has 0 bridgehead atoms. The lowest BCUT2D eigenvalue weighted by Crippen LogP contribution is -2.05. The van der Waals surface area contributed by atoms with Crippen LogP contribution in [0.15, 0.2) is 28.9 Å². The zero-order valence-corrected chi connectivity index (χ0v) is 10.5. The lowest BCUT2D eigenvalue weighted by molar-refractivity contribution is 0.573. The Balaban J connectivity index is 2.19. The standard InChI is InChI=1S/C12H14ClN3O/c1-7-5-9(13)3-4-10(7)15-12-16-11(6-17-12)8(2)14/h3-6,8H,14H2,1-2H3,(H,15,16). The minimum atomic E-state index is -0.138. The summed E-state index contributed by atoms with van der Waals surface area (Å²) < 4.78 is 5.28. The van der Waals surface area contributed by atoms with Gasteiger partial charge in [-0.25, -0.2) is 0 Å². The van der Waals surface area contributed by atoms with Crippen molar-refractivity contribution in [2.45, 2.75) is 19.9 Å². The van der Waals surface area contributed by atoms with E-state index in [1.54, 1.807) is 6.26 Å². The maximum absolute atomic E-state index is 5.88. The molecule has 1 unspecified atom stereocenters. The Bertz CT molecular complexity index is 522. The van der Waals surface area contributed by atoms with Gasteiger partial charge in [-0.05, 0) is 37.6 Å². The van der Waals surface area contributed by atoms with Gasteiger partial charge in [0.05, 0.1) is 5.69 Å². The molecule has 1 heterocycles. The van der Waals surface area contributed by atoms with Crippen LogP contribution in [0.4, 0.5) is 11.7 Å². The molecule has 2 rings (SSSR count). The quantitative estimate of drug-likeness (QED) is 0.878. The van der Waals surface area contributed by atoms with Crippen molar-refractivity contribution < 1.29 is 4.42 Å². The molecule has 0 saturated heterocycles. The van der Waals surface area contributed by atoms with E-state index in [2.05, 4.69) is 10.3 Å². The highest BCUT2D eigenvalue weighted by Crippen LogP contribution is 2.23. The van der Waals surface area contributed by atoms with Crippen molar-refractivity contribution in [1.82, 2.24) is 4.98 Å². The van der Waals surface area contributed by atoms with E-state index in [0.717, 1.165) is 16.9 Å². The summed E-state index contributed by atoms with van der Waals surface area (Å²) in [7, 11) is 0. The highest BCUT2D eigenvalue weighted by molar-refractivity contribution is 6.30. The largest absolute Gasteiger partial charge is 0.432 e. The molecule has 5 heteroatoms. The fraction of sp³-hybridized carbons (Fsp3) is 0.250. The fourth-order valence-corrected chi connectivity index (χ4v) is 1.66. The zero-order valence-electron chi connectivity index (χ0n) is 9.70. The monoisotopic (exact) mass is 251 g/mol. The van der Waals surface area contributed by atoms with Gasteiger partial charge in [0.1, 0.15) is 6.26 Å². The molecule has 0 fully saturated rings. The zero-order chi connectivity index (χ0) is 12.4. The highest BCUT2D eigenvalue weighted by Gasteiger charge is 2.08. The van der Waals surface area contributed by atoms with Gasteiger partial charge in [-0.15, -0.1) is 0 Å². The van der Waals surface area contributed by atoms with Crippen LogP contribution in [0.3, 0.4) is 0 Å². The summed E-state index contributed by atoms with van der Waals surface area (Å²) in [6.07, 6.45) is 1.55. The van der Waals surface area contributed by atoms with E-state index in [1.165, 1.54) is 0 Å². The van der Waals surface area contributed by atoms with Crippen LogP contribution in [-0.2, 0) is 0 Å². The first-order chi connectivity index (χ1) is 8.06. The van der Waals surface area contributed by atoms with E-state index in [1.807, 2.05) is 32.0 Å². The van der Waals surface area contributed by atoms with Gasteiger partial charge in [-0.1, -0.05) is 11.6 Å². The molecule has 4 nitrogen and oxygen atoms in total. The molecule has 0 aliphatic carbocycles. The van der Waals surface area contributed by atoms with Crippen LogP contribution in [0.2, 0.25) is 5.02 Å². The van der Waals surface area contributed by atoms with E-state index >= 15 is 0 Å². The third-order valence-corrected chi connectivity index (χ3v) is 2.65. The van der Waals surface area contributed by atoms with Crippen LogP contribution in [0.1, 0.15) is 24.2 Å². The van der Waals surface area contributed by atoms with E-state index in [0.29, 0.717) is 11.0 Å². The minimum absolute atomic E-state index is 0.138. The molecule has 3 N–H and O–H groups in total. The van der Waals surface area contributed by atoms with Gasteiger partial charge in [0.15, 0.2) is 0 Å². The Hall–Kier alpha value is -1.52. The Kier molecular flexibility index (Phi) is 3.36. The van der Waals surface area contributed by atoms with Crippen molar-refractivity contribution >= 4 is 23.3 Å². The molecule has 2 aromatic rings. The Labute approximate surface area is 105 Å². The number of nitrogens with zero attached hydrogens (tertiary/aromatic N) is 1. The topological polar surface area (TPSA) is 64.1 Å². The summed E-state index contributed by atoms with van der Waals surface area (Å²) in [5.41, 5.74) is 8.36. The van der Waals surface area contributed by atoms with Crippen LogP contribution in [-0.4, -0.2) is 4.98 Å². The van der Waals surface area contributed by atoms with Crippen molar-refractivity contribution in [2.24, 2.45) is 5.73 Å². The maximum Gasteiger partial charge on any atom is 0.299 e. The van der Waals surface area contributed by atoms with E-state index in [9.17, 15) is 0 Å². The van der Waals surface area contributed by atoms with Crippen LogP contribution < -0.4 is 11.1 Å². The molecular formula is C12H14ClN3O. The molecule has 1 aromatic carbocycles. The predicted molar refractivity (Wildman–Crippen MR) is 68.6 cm³/mol. The first-order valence-electron chi connectivity index (χ1n) is 5.30. The molecule has 90 valence electrons. The van der Waals surface area contributed by atoms with Crippen LogP contribution >= 0.6 is 11.6 Å². The number of oxazole rings is 1. The molecule has 0 aliphatic heterocycles. The maximum atomic E-state index is 5.88. The van der Waals surface area contributed by atoms with Gasteiger partial charge < -0.3 is 15.5 Å². The van der Waals surface area contributed by atoms with Crippen molar-refractivity contribution in [3.8, 4) is 0 Å². The predicted octanol–water partition coefficient (Wildman–Crippen LogP) is 3.40. The summed E-state index contributed by atoms with van der Waals surface area (Å²) >= 11 is 5.88. The summed E-state index contributed by atoms with van der Waals surface area (Å²) in [6.45, 7) is 3.82. The molecule has 0 radical (unpaired) electrons. The smallest absolute Gasteiger partial charge is 0.299 e. The number of aryl methyl sites for hydroxylation is 1. The van der Waals surface area contributed by atoms with Crippen LogP contribution in [0.25, 0.3) is 0 Å². The number of hydrogen-bond donors (Lipinski definition) is 2. The first kappa shape index (κ1) is 12.0. The van der Waals surface area contributed by atoms with Crippen molar-refractivity contribution in [1.29, 1.82) is 0 Å². The minimum Gasteiger partial charge on any atom is -0.432 e. The SMILES string of the molecule is Cc1cc(Cl)ccc1Nc1nc(C(C)N)co1. The third kappa shape index (κ3) is 2.78. The average Bonchev–Trinajstić information content (AvgIpc) is 2.71. The number of benzene rings is 1. The highest BCUT2D eigenvalue weighted by atomic mass is 35.5. The first-order valence-corrected chi connectivity index (χ1v) is 5.68. The van der Waals surface area contributed by atoms with Crippen molar-refractivity contribution in [3.05, 3.63) is 40.7 Å². The molecule has 0 aliphatic rings. The van der Waals surface area contributed by atoms with Gasteiger partial charge in [0.25, 0.3) is 6.01 Å². The summed E-state index contributed by atoms with van der Waals surface area (Å²) in [6, 6.07) is 5.86. The summed E-state index contributed by atoms with van der Waals surface area (Å²) in [5, 5.41) is 3.79. The molecule has 0 amide bonds. The number of nitrogens with one attached hydrogen (secondary N) is 1. The summed E-state index contributed by atoms with van der Waals surface area (Å²) in [5.74, 6) is 0. The average molecular weight is 252 g/mol. The van der Waals surface area contributed by atoms with Crippen molar-refractivity contribution in [3.63, 3.8) is 0 Å². The van der Waals surface area contributed by atoms with Gasteiger partial charge >= 0.3 is 0 Å². The molecular weight excluding hydrogens is 238 g/mol. The Morgan fingerprint density at radius 1 is 1.47 bits per heavy atom. The van der Waals surface area contributed by atoms with E-state index in [4.69, 9.17) is 21.8 Å². The number of nitrogens with two attached hydrogens (primary N) is 1. The van der Waals surface area contributed by atoms with Gasteiger partial charge in [0, 0.05) is 16.8 Å².